The van der Waals surface area contributed by atoms with Crippen LogP contribution < -0.4 is 0 Å². The molecule has 0 spiro atoms. The minimum absolute atomic E-state index is 0.107. The summed E-state index contributed by atoms with van der Waals surface area (Å²) in [6.07, 6.45) is 46.0. The van der Waals surface area contributed by atoms with Gasteiger partial charge in [0.2, 0.25) is 0 Å². The Kier molecular flexibility index (Phi) is 59.2. The first-order valence-electron chi connectivity index (χ1n) is 35.1. The monoisotopic (exact) mass is 1270 g/mol. The SMILES string of the molecule is CCCCCCCCCCCCCCCC(=O)OC[C@H](COP(=O)(O)OC[C@@H](O)COP(=O)(O)OC[C@@H](COC(=O)CCCCCCC)OC(=O)CCCCCCCCCCCCCC)OC(=O)CCCCCCCCCCCCCCCC(C)C. The molecule has 0 fully saturated rings. The maximum atomic E-state index is 13.0. The lowest BCUT2D eigenvalue weighted by Gasteiger charge is -2.21. The number of phosphoric ester groups is 2. The quantitative estimate of drug-likeness (QED) is 0.0222. The van der Waals surface area contributed by atoms with E-state index in [0.717, 1.165) is 102 Å². The number of phosphoric acid groups is 2. The van der Waals surface area contributed by atoms with Crippen molar-refractivity contribution in [2.45, 2.75) is 361 Å². The highest BCUT2D eigenvalue weighted by Crippen LogP contribution is 2.45. The molecule has 2 unspecified atom stereocenters. The van der Waals surface area contributed by atoms with Crippen molar-refractivity contribution in [3.8, 4) is 0 Å². The standard InChI is InChI=1S/C67H130O17P2/c1-6-9-12-15-17-19-21-24-29-32-36-41-46-51-65(70)78-57-63(84-67(72)53-48-43-38-34-30-26-23-25-27-31-35-40-44-49-60(4)5)59-82-86(75,76)80-55-61(68)54-79-85(73,74)81-58-62(56-77-64(69)50-45-39-14-11-8-3)83-66(71)52-47-42-37-33-28-22-20-18-16-13-10-7-2/h60-63,68H,6-59H2,1-5H3,(H,73,74)(H,75,76)/t61-,62+,63+/m0/s1. The van der Waals surface area contributed by atoms with Crippen LogP contribution in [0.2, 0.25) is 0 Å². The van der Waals surface area contributed by atoms with E-state index in [1.165, 1.54) is 161 Å². The highest BCUT2D eigenvalue weighted by atomic mass is 31.2. The van der Waals surface area contributed by atoms with E-state index >= 15 is 0 Å². The maximum absolute atomic E-state index is 13.0. The van der Waals surface area contributed by atoms with Gasteiger partial charge < -0.3 is 33.8 Å². The van der Waals surface area contributed by atoms with Gasteiger partial charge in [-0.1, -0.05) is 291 Å². The Morgan fingerprint density at radius 2 is 0.535 bits per heavy atom. The summed E-state index contributed by atoms with van der Waals surface area (Å²) in [5.74, 6) is -1.35. The first-order chi connectivity index (χ1) is 41.5. The van der Waals surface area contributed by atoms with Gasteiger partial charge in [-0.05, 0) is 31.6 Å². The molecule has 86 heavy (non-hydrogen) atoms. The minimum Gasteiger partial charge on any atom is -0.462 e. The first-order valence-corrected chi connectivity index (χ1v) is 38.1. The Hall–Kier alpha value is -1.94. The fourth-order valence-corrected chi connectivity index (χ4v) is 11.7. The third kappa shape index (κ3) is 60.9. The summed E-state index contributed by atoms with van der Waals surface area (Å²) in [6, 6.07) is 0. The van der Waals surface area contributed by atoms with Crippen molar-refractivity contribution in [2.75, 3.05) is 39.6 Å². The van der Waals surface area contributed by atoms with E-state index in [4.69, 9.17) is 37.0 Å². The molecule has 510 valence electrons. The Morgan fingerprint density at radius 3 is 0.791 bits per heavy atom. The van der Waals surface area contributed by atoms with Crippen LogP contribution in [0.15, 0.2) is 0 Å². The van der Waals surface area contributed by atoms with Crippen molar-refractivity contribution in [2.24, 2.45) is 5.92 Å². The Morgan fingerprint density at radius 1 is 0.314 bits per heavy atom. The van der Waals surface area contributed by atoms with Gasteiger partial charge in [-0.3, -0.25) is 37.3 Å². The summed E-state index contributed by atoms with van der Waals surface area (Å²) in [7, 11) is -9.88. The van der Waals surface area contributed by atoms with E-state index in [1.807, 2.05) is 0 Å². The summed E-state index contributed by atoms with van der Waals surface area (Å²) in [6.45, 7) is 7.16. The van der Waals surface area contributed by atoms with Gasteiger partial charge in [0, 0.05) is 25.7 Å². The van der Waals surface area contributed by atoms with E-state index in [2.05, 4.69) is 34.6 Å². The fourth-order valence-electron chi connectivity index (χ4n) is 10.1. The number of esters is 4. The van der Waals surface area contributed by atoms with E-state index in [9.17, 15) is 43.2 Å². The Bertz CT molecular complexity index is 1670. The molecule has 0 rings (SSSR count). The average Bonchev–Trinajstić information content (AvgIpc) is 3.51. The number of hydrogen-bond acceptors (Lipinski definition) is 15. The van der Waals surface area contributed by atoms with Crippen LogP contribution in [-0.4, -0.2) is 96.7 Å². The van der Waals surface area contributed by atoms with Gasteiger partial charge in [0.25, 0.3) is 0 Å². The van der Waals surface area contributed by atoms with Crippen LogP contribution in [0.25, 0.3) is 0 Å². The van der Waals surface area contributed by atoms with E-state index in [-0.39, 0.29) is 25.7 Å². The summed E-state index contributed by atoms with van der Waals surface area (Å²) < 4.78 is 68.0. The van der Waals surface area contributed by atoms with Crippen molar-refractivity contribution >= 4 is 39.5 Å². The molecule has 0 aromatic rings. The van der Waals surface area contributed by atoms with Crippen LogP contribution in [-0.2, 0) is 65.4 Å². The van der Waals surface area contributed by atoms with Crippen LogP contribution in [0.5, 0.6) is 0 Å². The van der Waals surface area contributed by atoms with Gasteiger partial charge in [-0.15, -0.1) is 0 Å². The van der Waals surface area contributed by atoms with Crippen LogP contribution in [0, 0.1) is 5.92 Å². The molecule has 19 heteroatoms. The fraction of sp³-hybridized carbons (Fsp3) is 0.940. The molecule has 0 aromatic carbocycles. The average molecular weight is 1270 g/mol. The molecule has 0 aliphatic heterocycles. The number of carbonyl (C=O) groups is 4. The summed E-state index contributed by atoms with van der Waals surface area (Å²) in [5, 5.41) is 10.5. The largest absolute Gasteiger partial charge is 0.472 e. The number of rotatable bonds is 67. The van der Waals surface area contributed by atoms with E-state index < -0.39 is 97.5 Å². The molecule has 0 saturated carbocycles. The van der Waals surface area contributed by atoms with E-state index in [1.54, 1.807) is 0 Å². The predicted octanol–water partition coefficient (Wildman–Crippen LogP) is 19.0. The number of ether oxygens (including phenoxy) is 4. The second-order valence-corrected chi connectivity index (χ2v) is 27.6. The van der Waals surface area contributed by atoms with Crippen LogP contribution in [0.4, 0.5) is 0 Å². The van der Waals surface area contributed by atoms with E-state index in [0.29, 0.717) is 25.7 Å². The second-order valence-electron chi connectivity index (χ2n) is 24.7. The molecule has 5 atom stereocenters. The number of unbranched alkanes of at least 4 members (excludes halogenated alkanes) is 39. The number of aliphatic hydroxyl groups is 1. The third-order valence-corrected chi connectivity index (χ3v) is 17.4. The zero-order valence-electron chi connectivity index (χ0n) is 55.4. The molecule has 0 saturated heterocycles. The van der Waals surface area contributed by atoms with Crippen LogP contribution in [0.1, 0.15) is 343 Å². The number of aliphatic hydroxyl groups excluding tert-OH is 1. The lowest BCUT2D eigenvalue weighted by atomic mass is 10.0. The molecule has 0 aliphatic rings. The summed E-state index contributed by atoms with van der Waals surface area (Å²) in [4.78, 5) is 72.1. The zero-order valence-corrected chi connectivity index (χ0v) is 57.2. The molecule has 0 radical (unpaired) electrons. The van der Waals surface area contributed by atoms with Crippen molar-refractivity contribution in [3.05, 3.63) is 0 Å². The molecule has 0 aliphatic carbocycles. The van der Waals surface area contributed by atoms with Crippen molar-refractivity contribution in [1.29, 1.82) is 0 Å². The van der Waals surface area contributed by atoms with Gasteiger partial charge in [0.15, 0.2) is 12.2 Å². The van der Waals surface area contributed by atoms with Crippen molar-refractivity contribution in [3.63, 3.8) is 0 Å². The Balaban J connectivity index is 5.16. The molecule has 0 heterocycles. The smallest absolute Gasteiger partial charge is 0.462 e. The van der Waals surface area contributed by atoms with Crippen LogP contribution >= 0.6 is 15.6 Å². The third-order valence-electron chi connectivity index (χ3n) is 15.5. The van der Waals surface area contributed by atoms with Gasteiger partial charge in [0.1, 0.15) is 19.3 Å². The topological polar surface area (TPSA) is 237 Å². The summed E-state index contributed by atoms with van der Waals surface area (Å²) >= 11 is 0. The predicted molar refractivity (Wildman–Crippen MR) is 345 cm³/mol. The molecule has 0 bridgehead atoms. The van der Waals surface area contributed by atoms with Gasteiger partial charge in [0.05, 0.1) is 26.4 Å². The second kappa shape index (κ2) is 60.6. The lowest BCUT2D eigenvalue weighted by molar-refractivity contribution is -0.161. The molecule has 17 nitrogen and oxygen atoms in total. The maximum Gasteiger partial charge on any atom is 0.472 e. The highest BCUT2D eigenvalue weighted by molar-refractivity contribution is 7.47. The summed E-state index contributed by atoms with van der Waals surface area (Å²) in [5.41, 5.74) is 0. The zero-order chi connectivity index (χ0) is 63.5. The van der Waals surface area contributed by atoms with Gasteiger partial charge >= 0.3 is 39.5 Å². The first kappa shape index (κ1) is 84.1. The minimum atomic E-state index is -4.95. The van der Waals surface area contributed by atoms with Crippen molar-refractivity contribution < 1.29 is 80.2 Å². The molecular formula is C67H130O17P2. The molecule has 0 aromatic heterocycles. The normalized spacial score (nSPS) is 14.2. The van der Waals surface area contributed by atoms with Gasteiger partial charge in [-0.25, -0.2) is 9.13 Å². The molecule has 0 amide bonds. The molecular weight excluding hydrogens is 1140 g/mol. The van der Waals surface area contributed by atoms with Crippen molar-refractivity contribution in [1.82, 2.24) is 0 Å². The number of carbonyl (C=O) groups excluding carboxylic acids is 4. The number of hydrogen-bond donors (Lipinski definition) is 3. The van der Waals surface area contributed by atoms with Gasteiger partial charge in [-0.2, -0.15) is 0 Å². The lowest BCUT2D eigenvalue weighted by Crippen LogP contribution is -2.30. The Labute approximate surface area is 524 Å². The highest BCUT2D eigenvalue weighted by Gasteiger charge is 2.30. The van der Waals surface area contributed by atoms with Crippen LogP contribution in [0.3, 0.4) is 0 Å². The molecule has 3 N–H and O–H groups in total.